The van der Waals surface area contributed by atoms with Crippen molar-refractivity contribution in [2.75, 3.05) is 18.6 Å². The predicted octanol–water partition coefficient (Wildman–Crippen LogP) is 5.42. The first-order chi connectivity index (χ1) is 18.8. The number of ketones is 1. The van der Waals surface area contributed by atoms with Crippen molar-refractivity contribution in [3.05, 3.63) is 52.6 Å². The average Bonchev–Trinajstić information content (AvgIpc) is 3.57. The number of carbonyl (C=O) groups is 2. The van der Waals surface area contributed by atoms with Crippen molar-refractivity contribution in [1.29, 1.82) is 0 Å². The fourth-order valence-corrected chi connectivity index (χ4v) is 6.73. The predicted molar refractivity (Wildman–Crippen MR) is 144 cm³/mol. The van der Waals surface area contributed by atoms with Crippen LogP contribution in [0.2, 0.25) is 0 Å². The Hall–Kier alpha value is -3.46. The number of hydrogen-bond acceptors (Lipinski definition) is 6. The maximum atomic E-state index is 14.9. The van der Waals surface area contributed by atoms with Crippen LogP contribution in [0.25, 0.3) is 11.0 Å². The molecule has 1 aromatic heterocycles. The summed E-state index contributed by atoms with van der Waals surface area (Å²) in [6.07, 6.45) is 3.72. The highest BCUT2D eigenvalue weighted by Gasteiger charge is 2.35. The minimum absolute atomic E-state index is 0.0270. The number of aliphatic hydroxyl groups excluding tert-OH is 1. The van der Waals surface area contributed by atoms with Gasteiger partial charge in [0.15, 0.2) is 11.6 Å². The van der Waals surface area contributed by atoms with E-state index in [2.05, 4.69) is 4.57 Å². The number of carbonyl (C=O) groups excluding carboxylic acids is 2. The summed E-state index contributed by atoms with van der Waals surface area (Å²) in [6.45, 7) is 4.05. The molecule has 3 heterocycles. The normalized spacial score (nSPS) is 23.2. The Balaban J connectivity index is 1.53. The number of amides is 1. The summed E-state index contributed by atoms with van der Waals surface area (Å²) in [5.41, 5.74) is 4.41. The molecule has 1 aliphatic carbocycles. The molecule has 4 atom stereocenters. The lowest BCUT2D eigenvalue weighted by Gasteiger charge is -2.34. The molecule has 0 bridgehead atoms. The van der Waals surface area contributed by atoms with E-state index in [0.29, 0.717) is 30.8 Å². The van der Waals surface area contributed by atoms with E-state index in [-0.39, 0.29) is 29.5 Å². The summed E-state index contributed by atoms with van der Waals surface area (Å²) in [5, 5.41) is 11.7. The van der Waals surface area contributed by atoms with Crippen LogP contribution in [0.4, 0.5) is 14.9 Å². The summed E-state index contributed by atoms with van der Waals surface area (Å²) in [4.78, 5) is 31.7. The quantitative estimate of drug-likeness (QED) is 0.480. The van der Waals surface area contributed by atoms with Gasteiger partial charge >= 0.3 is 6.09 Å². The molecule has 0 spiro atoms. The number of methoxy groups -OCH3 is 1. The van der Waals surface area contributed by atoms with Crippen molar-refractivity contribution in [2.24, 2.45) is 5.92 Å². The molecule has 206 valence electrons. The molecule has 0 radical (unpaired) electrons. The van der Waals surface area contributed by atoms with Gasteiger partial charge in [0.05, 0.1) is 30.4 Å². The smallest absolute Gasteiger partial charge is 0.414 e. The number of nitrogens with zero attached hydrogens (tertiary/aromatic N) is 3. The number of aromatic nitrogens is 2. The highest BCUT2D eigenvalue weighted by molar-refractivity contribution is 5.95. The van der Waals surface area contributed by atoms with Crippen LogP contribution in [0, 0.1) is 11.7 Å². The molecule has 2 aliphatic heterocycles. The summed E-state index contributed by atoms with van der Waals surface area (Å²) >= 11 is 0. The Bertz CT molecular complexity index is 1470. The topological polar surface area (TPSA) is 93.9 Å². The number of fused-ring (bicyclic) bond motifs is 4. The number of halogens is 1. The fourth-order valence-electron chi connectivity index (χ4n) is 6.73. The van der Waals surface area contributed by atoms with Crippen LogP contribution in [-0.2, 0) is 22.4 Å². The van der Waals surface area contributed by atoms with E-state index < -0.39 is 18.0 Å². The van der Waals surface area contributed by atoms with Gasteiger partial charge in [-0.15, -0.1) is 0 Å². The van der Waals surface area contributed by atoms with Crippen LogP contribution in [0.1, 0.15) is 80.6 Å². The van der Waals surface area contributed by atoms with Gasteiger partial charge in [0.25, 0.3) is 0 Å². The lowest BCUT2D eigenvalue weighted by atomic mass is 9.83. The van der Waals surface area contributed by atoms with Gasteiger partial charge in [-0.25, -0.2) is 14.2 Å². The van der Waals surface area contributed by atoms with Crippen molar-refractivity contribution >= 4 is 28.6 Å². The summed E-state index contributed by atoms with van der Waals surface area (Å²) in [7, 11) is 1.38. The van der Waals surface area contributed by atoms with Gasteiger partial charge in [0.2, 0.25) is 0 Å². The van der Waals surface area contributed by atoms with Crippen molar-refractivity contribution < 1.29 is 28.6 Å². The second-order valence-corrected chi connectivity index (χ2v) is 11.1. The molecule has 0 unspecified atom stereocenters. The molecule has 6 rings (SSSR count). The van der Waals surface area contributed by atoms with E-state index >= 15 is 0 Å². The number of hydrogen-bond donors (Lipinski definition) is 1. The SMILES string of the molecule is COC(=O)N1c2ccc3c(nc([C@@H](O)c4cc(F)c5c(c4)CCO5)n3[C@@H]3CCC[C@@H](C(C)=O)C3)c2CC[C@@H]1C. The van der Waals surface area contributed by atoms with Crippen molar-refractivity contribution in [3.63, 3.8) is 0 Å². The summed E-state index contributed by atoms with van der Waals surface area (Å²) < 4.78 is 27.5. The van der Waals surface area contributed by atoms with Crippen LogP contribution in [0.5, 0.6) is 5.75 Å². The number of benzene rings is 2. The Labute approximate surface area is 226 Å². The number of ether oxygens (including phenoxy) is 2. The molecule has 1 N–H and O–H groups in total. The van der Waals surface area contributed by atoms with E-state index in [1.165, 1.54) is 13.2 Å². The van der Waals surface area contributed by atoms with Crippen LogP contribution in [0.15, 0.2) is 24.3 Å². The highest BCUT2D eigenvalue weighted by Crippen LogP contribution is 2.43. The molecular formula is C30H34FN3O5. The summed E-state index contributed by atoms with van der Waals surface area (Å²) in [5.74, 6) is 0.313. The first kappa shape index (κ1) is 25.8. The fraction of sp³-hybridized carbons (Fsp3) is 0.500. The number of anilines is 1. The van der Waals surface area contributed by atoms with E-state index in [4.69, 9.17) is 14.5 Å². The van der Waals surface area contributed by atoms with Crippen LogP contribution >= 0.6 is 0 Å². The third-order valence-corrected chi connectivity index (χ3v) is 8.76. The average molecular weight is 536 g/mol. The van der Waals surface area contributed by atoms with Gasteiger partial charge in [-0.1, -0.05) is 6.42 Å². The molecule has 1 amide bonds. The Morgan fingerprint density at radius 1 is 1.21 bits per heavy atom. The third-order valence-electron chi connectivity index (χ3n) is 8.76. The van der Waals surface area contributed by atoms with E-state index in [1.54, 1.807) is 17.9 Å². The van der Waals surface area contributed by atoms with Gasteiger partial charge in [0.1, 0.15) is 17.7 Å². The molecule has 8 nitrogen and oxygen atoms in total. The first-order valence-electron chi connectivity index (χ1n) is 13.8. The van der Waals surface area contributed by atoms with E-state index in [1.807, 2.05) is 19.1 Å². The molecule has 1 saturated carbocycles. The molecule has 3 aromatic rings. The zero-order chi connectivity index (χ0) is 27.4. The molecule has 9 heteroatoms. The second kappa shape index (κ2) is 9.93. The van der Waals surface area contributed by atoms with Gasteiger partial charge < -0.3 is 19.1 Å². The molecule has 1 fully saturated rings. The molecule has 0 saturated heterocycles. The number of rotatable bonds is 4. The lowest BCUT2D eigenvalue weighted by Crippen LogP contribution is -2.42. The first-order valence-corrected chi connectivity index (χ1v) is 13.8. The van der Waals surface area contributed by atoms with Crippen molar-refractivity contribution in [2.45, 2.75) is 77.0 Å². The minimum Gasteiger partial charge on any atom is -0.490 e. The maximum absolute atomic E-state index is 14.9. The van der Waals surface area contributed by atoms with Gasteiger partial charge in [0, 0.05) is 35.5 Å². The standard InChI is InChI=1S/C30H34FN3O5/c1-16-7-8-22-24(33(16)30(37)38-3)9-10-25-26(22)32-29(34(25)21-6-4-5-18(14-21)17(2)35)27(36)20-13-19-11-12-39-28(19)23(31)15-20/h9-10,13,15-16,18,21,27,36H,4-8,11-12,14H2,1-3H3/t16-,18+,21+,27-/m0/s1. The number of aliphatic hydroxyl groups is 1. The second-order valence-electron chi connectivity index (χ2n) is 11.1. The zero-order valence-electron chi connectivity index (χ0n) is 22.6. The lowest BCUT2D eigenvalue weighted by molar-refractivity contribution is -0.122. The Morgan fingerprint density at radius 3 is 2.79 bits per heavy atom. The summed E-state index contributed by atoms with van der Waals surface area (Å²) in [6, 6.07) is 6.93. The Morgan fingerprint density at radius 2 is 2.03 bits per heavy atom. The van der Waals surface area contributed by atoms with Crippen LogP contribution in [-0.4, -0.2) is 46.3 Å². The monoisotopic (exact) mass is 535 g/mol. The third kappa shape index (κ3) is 4.27. The molecule has 3 aliphatic rings. The zero-order valence-corrected chi connectivity index (χ0v) is 22.6. The number of Topliss-reactive ketones (excluding diaryl/α,β-unsaturated/α-hetero) is 1. The van der Waals surface area contributed by atoms with Gasteiger partial charge in [-0.3, -0.25) is 9.69 Å². The van der Waals surface area contributed by atoms with Gasteiger partial charge in [-0.05, 0) is 75.8 Å². The van der Waals surface area contributed by atoms with Gasteiger partial charge in [-0.2, -0.15) is 0 Å². The van der Waals surface area contributed by atoms with Crippen LogP contribution in [0.3, 0.4) is 0 Å². The maximum Gasteiger partial charge on any atom is 0.414 e. The van der Waals surface area contributed by atoms with Crippen LogP contribution < -0.4 is 9.64 Å². The van der Waals surface area contributed by atoms with E-state index in [9.17, 15) is 19.1 Å². The number of aryl methyl sites for hydroxylation is 1. The Kier molecular flexibility index (Phi) is 6.57. The van der Waals surface area contributed by atoms with Crippen molar-refractivity contribution in [1.82, 2.24) is 9.55 Å². The molecular weight excluding hydrogens is 501 g/mol. The molecule has 2 aromatic carbocycles. The minimum atomic E-state index is -1.18. The highest BCUT2D eigenvalue weighted by atomic mass is 19.1. The van der Waals surface area contributed by atoms with E-state index in [0.717, 1.165) is 60.0 Å². The number of imidazole rings is 1. The largest absolute Gasteiger partial charge is 0.490 e. The molecule has 39 heavy (non-hydrogen) atoms. The van der Waals surface area contributed by atoms with Crippen molar-refractivity contribution in [3.8, 4) is 5.75 Å².